The molecule has 4 N–H and O–H groups in total. The number of hydrogen-bond acceptors (Lipinski definition) is 16. The van der Waals surface area contributed by atoms with Gasteiger partial charge in [-0.05, 0) is 166 Å². The quantitative estimate of drug-likeness (QED) is 0.0866. The van der Waals surface area contributed by atoms with Gasteiger partial charge in [0.2, 0.25) is 23.6 Å². The first-order chi connectivity index (χ1) is 42.7. The van der Waals surface area contributed by atoms with E-state index >= 15 is 0 Å². The van der Waals surface area contributed by atoms with Crippen LogP contribution in [-0.2, 0) is 28.7 Å². The monoisotopic (exact) mass is 1230 g/mol. The molecule has 88 heavy (non-hydrogen) atoms. The summed E-state index contributed by atoms with van der Waals surface area (Å²) >= 11 is 0. The van der Waals surface area contributed by atoms with Gasteiger partial charge in [-0.2, -0.15) is 0 Å². The van der Waals surface area contributed by atoms with E-state index in [4.69, 9.17) is 18.9 Å². The molecule has 4 amide bonds. The normalized spacial score (nSPS) is 19.6. The van der Waals surface area contributed by atoms with Crippen molar-refractivity contribution in [3.8, 4) is 11.5 Å². The van der Waals surface area contributed by atoms with Gasteiger partial charge in [-0.15, -0.1) is 0 Å². The smallest absolute Gasteiger partial charge is 0.233 e. The number of carbonyl (C=O) groups is 4. The summed E-state index contributed by atoms with van der Waals surface area (Å²) in [4.78, 5) is 65.1. The van der Waals surface area contributed by atoms with E-state index in [-0.39, 0.29) is 23.6 Å². The number of amides is 4. The van der Waals surface area contributed by atoms with Crippen molar-refractivity contribution >= 4 is 23.6 Å². The van der Waals surface area contributed by atoms with Crippen LogP contribution in [-0.4, -0.2) is 288 Å². The fourth-order valence-corrected chi connectivity index (χ4v) is 11.9. The van der Waals surface area contributed by atoms with E-state index in [0.29, 0.717) is 70.8 Å². The van der Waals surface area contributed by atoms with Gasteiger partial charge in [0.1, 0.15) is 24.7 Å². The van der Waals surface area contributed by atoms with Crippen molar-refractivity contribution in [1.29, 1.82) is 0 Å². The molecule has 0 aliphatic carbocycles. The molecule has 2 aromatic carbocycles. The average Bonchev–Trinajstić information content (AvgIpc) is 3.60. The van der Waals surface area contributed by atoms with Gasteiger partial charge in [-0.1, -0.05) is 49.2 Å². The lowest BCUT2D eigenvalue weighted by Gasteiger charge is -2.36. The number of carbonyl (C=O) groups excluding carboxylic acids is 4. The van der Waals surface area contributed by atoms with Crippen LogP contribution in [0, 0.1) is 37.5 Å². The molecule has 0 radical (unpaired) electrons. The number of rotatable bonds is 28. The maximum absolute atomic E-state index is 11.4. The topological polar surface area (TPSA) is 179 Å². The van der Waals surface area contributed by atoms with Crippen LogP contribution >= 0.6 is 0 Å². The lowest BCUT2D eigenvalue weighted by molar-refractivity contribution is -0.123. The first kappa shape index (κ1) is 74.2. The van der Waals surface area contributed by atoms with Crippen LogP contribution < -0.4 is 30.7 Å². The minimum atomic E-state index is 0.0837. The summed E-state index contributed by atoms with van der Waals surface area (Å²) < 4.78 is 22.6. The van der Waals surface area contributed by atoms with Crippen molar-refractivity contribution in [2.45, 2.75) is 91.9 Å². The van der Waals surface area contributed by atoms with Crippen LogP contribution in [0.25, 0.3) is 0 Å². The summed E-state index contributed by atoms with van der Waals surface area (Å²) in [5, 5.41) is 10.8. The van der Waals surface area contributed by atoms with E-state index in [2.05, 4.69) is 88.2 Å². The number of ether oxygens (including phenoxy) is 4. The highest BCUT2D eigenvalue weighted by Crippen LogP contribution is 2.23. The molecule has 6 saturated heterocycles. The minimum absolute atomic E-state index is 0.0837. The van der Waals surface area contributed by atoms with E-state index in [0.717, 1.165) is 121 Å². The molecule has 20 heteroatoms. The highest BCUT2D eigenvalue weighted by atomic mass is 16.5. The lowest BCUT2D eigenvalue weighted by Crippen LogP contribution is -2.50. The summed E-state index contributed by atoms with van der Waals surface area (Å²) in [5.74, 6) is 5.31. The van der Waals surface area contributed by atoms with Gasteiger partial charge in [0.05, 0.1) is 39.5 Å². The molecular weight excluding hydrogens is 1110 g/mol. The standard InChI is InChI=1S/C19H30N2O3.C18H29N3O3.C16H31N3O.C15H30N4O/c1-16-3-5-18(6-4-16)24-14-13-23-12-11-21-9-7-17(8-10-21)15-19(22)20-2;1-16-3-5-17(6-4-16)24-14-13-23-12-11-20-7-9-21(10-8-20)15-18(22)19-2;1-14-3-7-18(8-4-14)11-12-19-9-5-15(6-10-19)13-16(20)17-2;1-14-3-5-17(6-4-14)7-8-18-9-11-19(12-10-18)13-15(20)16-2/h3-6,17H,7-15H2,1-2H3,(H,20,22);3-6H,7-15H2,1-2H3,(H,19,22);14-15H,3-13H2,1-2H3,(H,17,20);14H,3-13H2,1-2H3,(H,16,20). The second-order valence-corrected chi connectivity index (χ2v) is 25.5. The Balaban J connectivity index is 0.000000214. The van der Waals surface area contributed by atoms with Crippen molar-refractivity contribution in [2.75, 3.05) is 225 Å². The highest BCUT2D eigenvalue weighted by Gasteiger charge is 2.25. The van der Waals surface area contributed by atoms with Crippen LogP contribution in [0.3, 0.4) is 0 Å². The first-order valence-electron chi connectivity index (χ1n) is 33.8. The van der Waals surface area contributed by atoms with Crippen molar-refractivity contribution in [3.63, 3.8) is 0 Å². The highest BCUT2D eigenvalue weighted by molar-refractivity contribution is 5.78. The average molecular weight is 1230 g/mol. The molecule has 0 unspecified atom stereocenters. The Morgan fingerprint density at radius 1 is 0.352 bits per heavy atom. The summed E-state index contributed by atoms with van der Waals surface area (Å²) in [7, 11) is 6.82. The van der Waals surface area contributed by atoms with E-state index in [1.807, 2.05) is 48.5 Å². The van der Waals surface area contributed by atoms with Gasteiger partial charge < -0.3 is 59.8 Å². The van der Waals surface area contributed by atoms with Crippen molar-refractivity contribution in [1.82, 2.24) is 60.5 Å². The van der Waals surface area contributed by atoms with E-state index in [1.54, 1.807) is 28.2 Å². The molecule has 0 bridgehead atoms. The van der Waals surface area contributed by atoms with E-state index in [1.165, 1.54) is 115 Å². The zero-order chi connectivity index (χ0) is 63.1. The fraction of sp³-hybridized carbons (Fsp3) is 0.765. The summed E-state index contributed by atoms with van der Waals surface area (Å²) in [6.45, 7) is 38.1. The van der Waals surface area contributed by atoms with Gasteiger partial charge in [0.15, 0.2) is 0 Å². The van der Waals surface area contributed by atoms with Crippen LogP contribution in [0.2, 0.25) is 0 Å². The summed E-state index contributed by atoms with van der Waals surface area (Å²) in [6.07, 6.45) is 11.4. The van der Waals surface area contributed by atoms with Crippen molar-refractivity contribution < 1.29 is 38.1 Å². The second-order valence-electron chi connectivity index (χ2n) is 25.5. The van der Waals surface area contributed by atoms with E-state index in [9.17, 15) is 19.2 Å². The van der Waals surface area contributed by atoms with Crippen LogP contribution in [0.4, 0.5) is 0 Å². The Labute approximate surface area is 531 Å². The van der Waals surface area contributed by atoms with Crippen LogP contribution in [0.15, 0.2) is 48.5 Å². The molecule has 500 valence electrons. The van der Waals surface area contributed by atoms with Gasteiger partial charge >= 0.3 is 0 Å². The van der Waals surface area contributed by atoms with Crippen LogP contribution in [0.1, 0.15) is 89.2 Å². The third-order valence-electron chi connectivity index (χ3n) is 18.5. The van der Waals surface area contributed by atoms with E-state index < -0.39 is 0 Å². The molecule has 0 saturated carbocycles. The van der Waals surface area contributed by atoms with Crippen molar-refractivity contribution in [2.24, 2.45) is 23.7 Å². The second kappa shape index (κ2) is 44.1. The first-order valence-corrected chi connectivity index (χ1v) is 33.8. The number of nitrogens with zero attached hydrogens (tertiary/aromatic N) is 8. The number of nitrogens with one attached hydrogen (secondary N) is 4. The van der Waals surface area contributed by atoms with Gasteiger partial charge in [-0.25, -0.2) is 0 Å². The predicted octanol–water partition coefficient (Wildman–Crippen LogP) is 4.64. The third kappa shape index (κ3) is 32.5. The SMILES string of the molecule is CNC(=O)CC1CCN(CCN2CCC(C)CC2)CC1.CNC(=O)CC1CCN(CCOCCOc2ccc(C)cc2)CC1.CNC(=O)CN1CCN(CCN2CCC(C)CC2)CC1.CNC(=O)CN1CCN(CCOCCOc2ccc(C)cc2)CC1. The number of aryl methyl sites for hydroxylation is 2. The Morgan fingerprint density at radius 2 is 0.625 bits per heavy atom. The Kier molecular flexibility index (Phi) is 37.2. The molecule has 8 rings (SSSR count). The van der Waals surface area contributed by atoms with Crippen molar-refractivity contribution in [3.05, 3.63) is 59.7 Å². The number of hydrogen-bond donors (Lipinski definition) is 4. The number of piperazine rings is 2. The molecule has 0 spiro atoms. The zero-order valence-electron chi connectivity index (χ0n) is 56.1. The lowest BCUT2D eigenvalue weighted by atomic mass is 9.93. The minimum Gasteiger partial charge on any atom is -0.491 e. The number of benzene rings is 2. The number of piperidine rings is 4. The Morgan fingerprint density at radius 3 is 0.943 bits per heavy atom. The largest absolute Gasteiger partial charge is 0.491 e. The molecule has 0 aromatic heterocycles. The Hall–Kier alpha value is -4.48. The number of likely N-dealkylation sites (N-methyl/N-ethyl adjacent to an activating group) is 2. The molecule has 20 nitrogen and oxygen atoms in total. The predicted molar refractivity (Wildman–Crippen MR) is 354 cm³/mol. The summed E-state index contributed by atoms with van der Waals surface area (Å²) in [5.41, 5.74) is 2.46. The molecule has 6 fully saturated rings. The molecule has 0 atom stereocenters. The summed E-state index contributed by atoms with van der Waals surface area (Å²) in [6, 6.07) is 16.1. The maximum Gasteiger partial charge on any atom is 0.233 e. The molecule has 6 aliphatic rings. The van der Waals surface area contributed by atoms with Gasteiger partial charge in [-0.3, -0.25) is 38.8 Å². The fourth-order valence-electron chi connectivity index (χ4n) is 11.9. The molecule has 6 aliphatic heterocycles. The van der Waals surface area contributed by atoms with Gasteiger partial charge in [0, 0.05) is 133 Å². The zero-order valence-corrected chi connectivity index (χ0v) is 56.1. The molecular formula is C68H120N12O8. The number of likely N-dealkylation sites (tertiary alicyclic amines) is 4. The van der Waals surface area contributed by atoms with Gasteiger partial charge in [0.25, 0.3) is 0 Å². The Bertz CT molecular complexity index is 2000. The third-order valence-corrected chi connectivity index (χ3v) is 18.5. The molecule has 6 heterocycles. The molecule has 2 aromatic rings. The van der Waals surface area contributed by atoms with Crippen LogP contribution in [0.5, 0.6) is 11.5 Å². The maximum atomic E-state index is 11.4.